The molecule has 14 heavy (non-hydrogen) atoms. The first-order valence-electron chi connectivity index (χ1n) is 3.93. The Labute approximate surface area is 84.6 Å². The number of nitrogens with zero attached hydrogens (tertiary/aromatic N) is 2. The lowest BCUT2D eigenvalue weighted by Crippen LogP contribution is -2.10. The van der Waals surface area contributed by atoms with Gasteiger partial charge >= 0.3 is 0 Å². The standard InChI is InChI=1S/C9H6ClN3O/c10-6-1-3-11-8(5-6)7-2-4-12-13-9(7)14/h1-5H,(H,13,14). The monoisotopic (exact) mass is 207 g/mol. The van der Waals surface area contributed by atoms with Crippen LogP contribution in [0.4, 0.5) is 0 Å². The number of H-pyrrole nitrogens is 1. The average molecular weight is 208 g/mol. The molecule has 0 aliphatic rings. The zero-order valence-electron chi connectivity index (χ0n) is 7.07. The largest absolute Gasteiger partial charge is 0.273 e. The van der Waals surface area contributed by atoms with E-state index in [0.717, 1.165) is 0 Å². The number of pyridine rings is 1. The van der Waals surface area contributed by atoms with Crippen LogP contribution in [0.3, 0.4) is 0 Å². The smallest absolute Gasteiger partial charge is 0.267 e. The van der Waals surface area contributed by atoms with Crippen LogP contribution in [-0.2, 0) is 0 Å². The average Bonchev–Trinajstić information content (AvgIpc) is 2.18. The first-order chi connectivity index (χ1) is 6.77. The number of nitrogens with one attached hydrogen (secondary N) is 1. The molecule has 0 atom stereocenters. The molecule has 0 unspecified atom stereocenters. The molecule has 0 fully saturated rings. The first kappa shape index (κ1) is 8.90. The molecule has 0 aliphatic heterocycles. The van der Waals surface area contributed by atoms with E-state index >= 15 is 0 Å². The molecule has 70 valence electrons. The predicted molar refractivity (Wildman–Crippen MR) is 53.1 cm³/mol. The van der Waals surface area contributed by atoms with Crippen LogP contribution in [0.15, 0.2) is 35.4 Å². The third-order valence-corrected chi connectivity index (χ3v) is 1.96. The van der Waals surface area contributed by atoms with Gasteiger partial charge in [0.1, 0.15) is 0 Å². The van der Waals surface area contributed by atoms with E-state index in [4.69, 9.17) is 11.6 Å². The summed E-state index contributed by atoms with van der Waals surface area (Å²) >= 11 is 5.78. The fourth-order valence-electron chi connectivity index (χ4n) is 1.10. The maximum Gasteiger partial charge on any atom is 0.273 e. The SMILES string of the molecule is O=c1[nH]nccc1-c1cc(Cl)ccn1. The van der Waals surface area contributed by atoms with Crippen molar-refractivity contribution in [3.05, 3.63) is 46.0 Å². The minimum absolute atomic E-state index is 0.276. The normalized spacial score (nSPS) is 10.1. The summed E-state index contributed by atoms with van der Waals surface area (Å²) in [6.45, 7) is 0. The van der Waals surface area contributed by atoms with Crippen LogP contribution >= 0.6 is 11.6 Å². The molecule has 0 radical (unpaired) electrons. The molecule has 4 nitrogen and oxygen atoms in total. The van der Waals surface area contributed by atoms with Gasteiger partial charge in [0.2, 0.25) is 0 Å². The summed E-state index contributed by atoms with van der Waals surface area (Å²) in [6.07, 6.45) is 3.05. The summed E-state index contributed by atoms with van der Waals surface area (Å²) < 4.78 is 0. The highest BCUT2D eigenvalue weighted by atomic mass is 35.5. The Balaban J connectivity index is 2.61. The van der Waals surface area contributed by atoms with Crippen molar-refractivity contribution in [2.45, 2.75) is 0 Å². The molecular formula is C9H6ClN3O. The molecule has 2 rings (SSSR count). The van der Waals surface area contributed by atoms with E-state index in [1.807, 2.05) is 0 Å². The molecule has 0 bridgehead atoms. The quantitative estimate of drug-likeness (QED) is 0.771. The van der Waals surface area contributed by atoms with Crippen molar-refractivity contribution in [1.29, 1.82) is 0 Å². The number of halogens is 1. The van der Waals surface area contributed by atoms with Crippen molar-refractivity contribution in [2.24, 2.45) is 0 Å². The molecule has 0 aliphatic carbocycles. The molecule has 0 saturated heterocycles. The van der Waals surface area contributed by atoms with Crippen molar-refractivity contribution in [1.82, 2.24) is 15.2 Å². The lowest BCUT2D eigenvalue weighted by Gasteiger charge is -1.98. The summed E-state index contributed by atoms with van der Waals surface area (Å²) in [5, 5.41) is 6.47. The number of rotatable bonds is 1. The number of hydrogen-bond acceptors (Lipinski definition) is 3. The highest BCUT2D eigenvalue weighted by Gasteiger charge is 2.03. The first-order valence-corrected chi connectivity index (χ1v) is 4.31. The van der Waals surface area contributed by atoms with E-state index in [0.29, 0.717) is 16.3 Å². The Morgan fingerprint density at radius 1 is 1.29 bits per heavy atom. The van der Waals surface area contributed by atoms with Gasteiger partial charge in [-0.1, -0.05) is 11.6 Å². The van der Waals surface area contributed by atoms with Crippen molar-refractivity contribution in [3.63, 3.8) is 0 Å². The minimum Gasteiger partial charge on any atom is -0.267 e. The molecule has 0 aromatic carbocycles. The van der Waals surface area contributed by atoms with Crippen molar-refractivity contribution in [2.75, 3.05) is 0 Å². The van der Waals surface area contributed by atoms with Crippen molar-refractivity contribution in [3.8, 4) is 11.3 Å². The lowest BCUT2D eigenvalue weighted by molar-refractivity contribution is 0.989. The summed E-state index contributed by atoms with van der Waals surface area (Å²) in [6, 6.07) is 4.88. The summed E-state index contributed by atoms with van der Waals surface area (Å²) in [7, 11) is 0. The molecular weight excluding hydrogens is 202 g/mol. The highest BCUT2D eigenvalue weighted by Crippen LogP contribution is 2.15. The van der Waals surface area contributed by atoms with Crippen LogP contribution in [0.1, 0.15) is 0 Å². The lowest BCUT2D eigenvalue weighted by atomic mass is 10.2. The molecule has 2 aromatic rings. The Morgan fingerprint density at radius 2 is 2.14 bits per heavy atom. The summed E-state index contributed by atoms with van der Waals surface area (Å²) in [5.74, 6) is 0. The molecule has 0 saturated carbocycles. The molecule has 2 aromatic heterocycles. The van der Waals surface area contributed by atoms with Crippen molar-refractivity contribution >= 4 is 11.6 Å². The number of aromatic amines is 1. The van der Waals surface area contributed by atoms with E-state index in [-0.39, 0.29) is 5.56 Å². The van der Waals surface area contributed by atoms with E-state index in [1.54, 1.807) is 24.4 Å². The number of aromatic nitrogens is 3. The third kappa shape index (κ3) is 1.65. The second-order valence-electron chi connectivity index (χ2n) is 2.66. The van der Waals surface area contributed by atoms with Crippen molar-refractivity contribution < 1.29 is 0 Å². The van der Waals surface area contributed by atoms with E-state index in [9.17, 15) is 4.79 Å². The second kappa shape index (κ2) is 3.59. The highest BCUT2D eigenvalue weighted by molar-refractivity contribution is 6.30. The van der Waals surface area contributed by atoms with Gasteiger partial charge in [0, 0.05) is 17.4 Å². The topological polar surface area (TPSA) is 58.6 Å². The molecule has 5 heteroatoms. The van der Waals surface area contributed by atoms with Crippen LogP contribution in [-0.4, -0.2) is 15.2 Å². The van der Waals surface area contributed by atoms with Gasteiger partial charge in [-0.2, -0.15) is 5.10 Å². The zero-order chi connectivity index (χ0) is 9.97. The van der Waals surface area contributed by atoms with Gasteiger partial charge in [-0.15, -0.1) is 0 Å². The third-order valence-electron chi connectivity index (χ3n) is 1.72. The van der Waals surface area contributed by atoms with Crippen LogP contribution in [0.25, 0.3) is 11.3 Å². The van der Waals surface area contributed by atoms with Crippen LogP contribution in [0, 0.1) is 0 Å². The van der Waals surface area contributed by atoms with E-state index < -0.39 is 0 Å². The Hall–Kier alpha value is -1.68. The van der Waals surface area contributed by atoms with Gasteiger partial charge in [0.15, 0.2) is 0 Å². The summed E-state index contributed by atoms with van der Waals surface area (Å²) in [4.78, 5) is 15.4. The molecule has 1 N–H and O–H groups in total. The summed E-state index contributed by atoms with van der Waals surface area (Å²) in [5.41, 5.74) is 0.728. The maximum absolute atomic E-state index is 11.3. The fraction of sp³-hybridized carbons (Fsp3) is 0. The van der Waals surface area contributed by atoms with Gasteiger partial charge in [-0.25, -0.2) is 5.10 Å². The Kier molecular flexibility index (Phi) is 2.28. The minimum atomic E-state index is -0.276. The number of hydrogen-bond donors (Lipinski definition) is 1. The molecule has 0 amide bonds. The Morgan fingerprint density at radius 3 is 2.86 bits per heavy atom. The van der Waals surface area contributed by atoms with E-state index in [2.05, 4.69) is 15.2 Å². The maximum atomic E-state index is 11.3. The molecule has 0 spiro atoms. The van der Waals surface area contributed by atoms with Gasteiger partial charge < -0.3 is 0 Å². The van der Waals surface area contributed by atoms with Crippen LogP contribution in [0.2, 0.25) is 5.02 Å². The second-order valence-corrected chi connectivity index (χ2v) is 3.10. The Bertz CT molecular complexity index is 509. The van der Waals surface area contributed by atoms with Crippen LogP contribution in [0.5, 0.6) is 0 Å². The zero-order valence-corrected chi connectivity index (χ0v) is 7.82. The fourth-order valence-corrected chi connectivity index (χ4v) is 1.26. The van der Waals surface area contributed by atoms with Gasteiger partial charge in [0.25, 0.3) is 5.56 Å². The van der Waals surface area contributed by atoms with Gasteiger partial charge in [-0.05, 0) is 18.2 Å². The van der Waals surface area contributed by atoms with Gasteiger partial charge in [0.05, 0.1) is 11.3 Å². The molecule has 2 heterocycles. The van der Waals surface area contributed by atoms with Crippen LogP contribution < -0.4 is 5.56 Å². The van der Waals surface area contributed by atoms with Gasteiger partial charge in [-0.3, -0.25) is 9.78 Å². The van der Waals surface area contributed by atoms with E-state index in [1.165, 1.54) is 6.20 Å². The predicted octanol–water partition coefficient (Wildman–Crippen LogP) is 1.49.